The molecule has 0 aliphatic carbocycles. The Labute approximate surface area is 150 Å². The van der Waals surface area contributed by atoms with Crippen LogP contribution in [-0.2, 0) is 15.2 Å². The van der Waals surface area contributed by atoms with Gasteiger partial charge in [-0.3, -0.25) is 4.57 Å². The third-order valence-corrected chi connectivity index (χ3v) is 4.88. The highest BCUT2D eigenvalue weighted by atomic mass is 19.1. The smallest absolute Gasteiger partial charge is 0.352 e. The summed E-state index contributed by atoms with van der Waals surface area (Å²) in [6.07, 6.45) is -11.2. The summed E-state index contributed by atoms with van der Waals surface area (Å²) in [6.45, 7) is -1.52. The Kier molecular flexibility index (Phi) is 5.22. The van der Waals surface area contributed by atoms with Crippen LogP contribution in [0.1, 0.15) is 0 Å². The first kappa shape index (κ1) is 20.0. The van der Waals surface area contributed by atoms with Crippen molar-refractivity contribution in [2.75, 3.05) is 18.9 Å². The molecule has 2 aliphatic rings. The average Bonchev–Trinajstić information content (AvgIpc) is 3.07. The molecule has 8 N–H and O–H groups in total. The number of hydrogen-bond acceptors (Lipinski definition) is 11. The van der Waals surface area contributed by atoms with E-state index in [-0.39, 0.29) is 0 Å². The molecule has 0 saturated carbocycles. The molecule has 2 saturated heterocycles. The zero-order valence-electron chi connectivity index (χ0n) is 13.8. The first-order valence-corrected chi connectivity index (χ1v) is 8.01. The van der Waals surface area contributed by atoms with Crippen LogP contribution in [0.2, 0.25) is 0 Å². The van der Waals surface area contributed by atoms with Crippen LogP contribution in [0.3, 0.4) is 0 Å². The predicted octanol–water partition coefficient (Wildman–Crippen LogP) is -4.79. The van der Waals surface area contributed by atoms with Gasteiger partial charge < -0.3 is 45.8 Å². The van der Waals surface area contributed by atoms with Crippen molar-refractivity contribution >= 4 is 5.82 Å². The molecule has 0 amide bonds. The SMILES string of the molecule is Nc1nc(=O)n([C@]2([C@H]3O[C@@H](CO)[C@H](O)[C@H]3O)O[C@H](CO)[C@@H](O)[C@H]2O)cc1F. The van der Waals surface area contributed by atoms with Crippen LogP contribution >= 0.6 is 0 Å². The third-order valence-electron chi connectivity index (χ3n) is 4.88. The van der Waals surface area contributed by atoms with Crippen LogP contribution in [-0.4, -0.2) is 96.1 Å². The molecule has 12 nitrogen and oxygen atoms in total. The predicted molar refractivity (Wildman–Crippen MR) is 82.6 cm³/mol. The van der Waals surface area contributed by atoms with Gasteiger partial charge in [-0.05, 0) is 0 Å². The van der Waals surface area contributed by atoms with Crippen LogP contribution in [0.25, 0.3) is 0 Å². The highest BCUT2D eigenvalue weighted by Gasteiger charge is 2.66. The molecule has 27 heavy (non-hydrogen) atoms. The highest BCUT2D eigenvalue weighted by Crippen LogP contribution is 2.43. The normalized spacial score (nSPS) is 42.0. The largest absolute Gasteiger partial charge is 0.394 e. The number of anilines is 1. The number of nitrogens with two attached hydrogens (primary N) is 1. The lowest BCUT2D eigenvalue weighted by Crippen LogP contribution is -2.61. The summed E-state index contributed by atoms with van der Waals surface area (Å²) in [5, 5.41) is 59.8. The first-order chi connectivity index (χ1) is 12.7. The Morgan fingerprint density at radius 2 is 1.78 bits per heavy atom. The average molecular weight is 393 g/mol. The van der Waals surface area contributed by atoms with Crippen LogP contribution in [0.15, 0.2) is 11.0 Å². The molecule has 0 aromatic carbocycles. The number of ether oxygens (including phenoxy) is 2. The van der Waals surface area contributed by atoms with Crippen LogP contribution in [0, 0.1) is 5.82 Å². The van der Waals surface area contributed by atoms with Crippen molar-refractivity contribution < 1.29 is 44.5 Å². The van der Waals surface area contributed by atoms with E-state index in [0.29, 0.717) is 10.8 Å². The summed E-state index contributed by atoms with van der Waals surface area (Å²) in [5.41, 5.74) is 1.56. The van der Waals surface area contributed by atoms with Gasteiger partial charge in [0.2, 0.25) is 5.72 Å². The van der Waals surface area contributed by atoms with Gasteiger partial charge >= 0.3 is 5.69 Å². The van der Waals surface area contributed by atoms with Gasteiger partial charge in [0.15, 0.2) is 11.6 Å². The molecule has 2 aliphatic heterocycles. The van der Waals surface area contributed by atoms with E-state index in [1.54, 1.807) is 0 Å². The van der Waals surface area contributed by atoms with Gasteiger partial charge in [-0.15, -0.1) is 0 Å². The Morgan fingerprint density at radius 1 is 1.15 bits per heavy atom. The summed E-state index contributed by atoms with van der Waals surface area (Å²) in [4.78, 5) is 15.6. The minimum atomic E-state index is -2.48. The fourth-order valence-electron chi connectivity index (χ4n) is 3.48. The molecule has 152 valence electrons. The Morgan fingerprint density at radius 3 is 2.30 bits per heavy atom. The molecule has 0 bridgehead atoms. The zero-order valence-corrected chi connectivity index (χ0v) is 13.8. The van der Waals surface area contributed by atoms with Gasteiger partial charge in [0.05, 0.1) is 19.4 Å². The molecule has 0 spiro atoms. The fourth-order valence-corrected chi connectivity index (χ4v) is 3.48. The molecule has 2 fully saturated rings. The summed E-state index contributed by atoms with van der Waals surface area (Å²) < 4.78 is 25.2. The number of nitrogen functional groups attached to an aromatic ring is 1. The van der Waals surface area contributed by atoms with Crippen LogP contribution in [0.4, 0.5) is 10.2 Å². The summed E-state index contributed by atoms with van der Waals surface area (Å²) in [6, 6.07) is 0. The second-order valence-corrected chi connectivity index (χ2v) is 6.41. The summed E-state index contributed by atoms with van der Waals surface area (Å²) in [5.74, 6) is -1.90. The van der Waals surface area contributed by atoms with Crippen molar-refractivity contribution in [2.24, 2.45) is 0 Å². The van der Waals surface area contributed by atoms with Gasteiger partial charge in [0.25, 0.3) is 0 Å². The lowest BCUT2D eigenvalue weighted by molar-refractivity contribution is -0.234. The zero-order chi connectivity index (χ0) is 20.1. The third kappa shape index (κ3) is 2.83. The molecule has 1 aromatic rings. The molecule has 3 heterocycles. The Hall–Kier alpha value is -1.71. The standard InChI is InChI=1S/C14H20FN3O9/c15-4-1-18(13(25)17-12(4)16)14(10(24)8(22)6(3-20)27-14)11-9(23)7(21)5(2-19)26-11/h1,5-11,19-24H,2-3H2,(H2,16,17,25)/t5-,6+,7-,8+,9+,10+,11-,14-/m0/s1. The second-order valence-electron chi connectivity index (χ2n) is 6.41. The lowest BCUT2D eigenvalue weighted by atomic mass is 9.92. The second kappa shape index (κ2) is 7.03. The fraction of sp³-hybridized carbons (Fsp3) is 0.714. The maximum Gasteiger partial charge on any atom is 0.352 e. The van der Waals surface area contributed by atoms with E-state index in [0.717, 1.165) is 0 Å². The number of aliphatic hydroxyl groups excluding tert-OH is 6. The van der Waals surface area contributed by atoms with Crippen molar-refractivity contribution in [1.82, 2.24) is 9.55 Å². The van der Waals surface area contributed by atoms with Crippen molar-refractivity contribution in [3.63, 3.8) is 0 Å². The van der Waals surface area contributed by atoms with E-state index in [9.17, 15) is 39.8 Å². The minimum Gasteiger partial charge on any atom is -0.394 e. The summed E-state index contributed by atoms with van der Waals surface area (Å²) in [7, 11) is 0. The van der Waals surface area contributed by atoms with E-state index >= 15 is 0 Å². The first-order valence-electron chi connectivity index (χ1n) is 8.01. The van der Waals surface area contributed by atoms with Crippen molar-refractivity contribution in [2.45, 2.75) is 48.5 Å². The molecule has 8 atom stereocenters. The molecule has 13 heteroatoms. The summed E-state index contributed by atoms with van der Waals surface area (Å²) >= 11 is 0. The Balaban J connectivity index is 2.21. The van der Waals surface area contributed by atoms with Crippen LogP contribution < -0.4 is 11.4 Å². The molecule has 0 unspecified atom stereocenters. The number of aliphatic hydroxyl groups is 6. The molecule has 3 rings (SSSR count). The molecular formula is C14H20FN3O9. The lowest BCUT2D eigenvalue weighted by Gasteiger charge is -2.39. The molecule has 1 aromatic heterocycles. The Bertz CT molecular complexity index is 764. The monoisotopic (exact) mass is 393 g/mol. The van der Waals surface area contributed by atoms with E-state index < -0.39 is 79.0 Å². The number of hydrogen-bond donors (Lipinski definition) is 7. The van der Waals surface area contributed by atoms with E-state index in [2.05, 4.69) is 4.98 Å². The topological polar surface area (TPSA) is 201 Å². The number of halogens is 1. The number of aromatic nitrogens is 2. The maximum atomic E-state index is 14.0. The number of nitrogens with zero attached hydrogens (tertiary/aromatic N) is 2. The number of rotatable bonds is 4. The van der Waals surface area contributed by atoms with Crippen molar-refractivity contribution in [3.8, 4) is 0 Å². The van der Waals surface area contributed by atoms with Gasteiger partial charge in [0, 0.05) is 0 Å². The van der Waals surface area contributed by atoms with Gasteiger partial charge in [-0.2, -0.15) is 4.98 Å². The van der Waals surface area contributed by atoms with Gasteiger partial charge in [0.1, 0.15) is 42.7 Å². The highest BCUT2D eigenvalue weighted by molar-refractivity contribution is 5.27. The maximum absolute atomic E-state index is 14.0. The molecule has 0 radical (unpaired) electrons. The quantitative estimate of drug-likeness (QED) is 0.259. The van der Waals surface area contributed by atoms with Crippen molar-refractivity contribution in [1.29, 1.82) is 0 Å². The van der Waals surface area contributed by atoms with E-state index in [1.165, 1.54) is 0 Å². The molecular weight excluding hydrogens is 373 g/mol. The van der Waals surface area contributed by atoms with Crippen molar-refractivity contribution in [3.05, 3.63) is 22.5 Å². The van der Waals surface area contributed by atoms with E-state index in [1.807, 2.05) is 0 Å². The van der Waals surface area contributed by atoms with Gasteiger partial charge in [-0.1, -0.05) is 0 Å². The van der Waals surface area contributed by atoms with Gasteiger partial charge in [-0.25, -0.2) is 9.18 Å². The van der Waals surface area contributed by atoms with Crippen LogP contribution in [0.5, 0.6) is 0 Å². The minimum absolute atomic E-state index is 0.433. The van der Waals surface area contributed by atoms with E-state index in [4.69, 9.17) is 15.2 Å².